The number of hydrogen-bond acceptors (Lipinski definition) is 4. The molecule has 0 radical (unpaired) electrons. The molecule has 1 unspecified atom stereocenters. The minimum absolute atomic E-state index is 0.0223. The molecule has 1 spiro atoms. The molecule has 2 aliphatic rings. The summed E-state index contributed by atoms with van der Waals surface area (Å²) in [5.74, 6) is -2.22. The van der Waals surface area contributed by atoms with E-state index in [1.807, 2.05) is 0 Å². The molecule has 1 N–H and O–H groups in total. The predicted octanol–water partition coefficient (Wildman–Crippen LogP) is 2.93. The van der Waals surface area contributed by atoms with Gasteiger partial charge in [0.05, 0.1) is 5.56 Å². The standard InChI is InChI=1S/C19H13BrF2N4O2/c20-11-1-2-12-13(4-11)19(5-15(19)22)9-26(18(12)28)8-16(27)25-17-14(21)3-10(6-23)7-24-17/h1-4,7,15H,5,8-9H2,(H,24,25,27)/t15?,19-/m0/s1. The normalized spacial score (nSPS) is 22.6. The Morgan fingerprint density at radius 1 is 1.46 bits per heavy atom. The van der Waals surface area contributed by atoms with Crippen molar-refractivity contribution in [3.63, 3.8) is 0 Å². The summed E-state index contributed by atoms with van der Waals surface area (Å²) in [4.78, 5) is 30.1. The number of carbonyl (C=O) groups excluding carboxylic acids is 2. The van der Waals surface area contributed by atoms with Crippen molar-refractivity contribution in [2.45, 2.75) is 18.0 Å². The van der Waals surface area contributed by atoms with Crippen LogP contribution in [0, 0.1) is 17.1 Å². The number of carbonyl (C=O) groups is 2. The van der Waals surface area contributed by atoms with Crippen LogP contribution in [-0.2, 0) is 10.2 Å². The highest BCUT2D eigenvalue weighted by Crippen LogP contribution is 2.54. The zero-order valence-electron chi connectivity index (χ0n) is 14.4. The first-order valence-electron chi connectivity index (χ1n) is 8.43. The van der Waals surface area contributed by atoms with Gasteiger partial charge in [0.25, 0.3) is 5.91 Å². The van der Waals surface area contributed by atoms with Crippen LogP contribution >= 0.6 is 15.9 Å². The maximum absolute atomic E-state index is 14.2. The topological polar surface area (TPSA) is 86.1 Å². The van der Waals surface area contributed by atoms with E-state index < -0.39 is 23.3 Å². The lowest BCUT2D eigenvalue weighted by Gasteiger charge is -2.34. The van der Waals surface area contributed by atoms with Gasteiger partial charge in [0, 0.05) is 28.2 Å². The molecule has 1 aromatic carbocycles. The smallest absolute Gasteiger partial charge is 0.254 e. The van der Waals surface area contributed by atoms with Gasteiger partial charge in [-0.15, -0.1) is 0 Å². The largest absolute Gasteiger partial charge is 0.328 e. The molecule has 1 fully saturated rings. The maximum atomic E-state index is 14.2. The summed E-state index contributed by atoms with van der Waals surface area (Å²) in [5, 5.41) is 11.0. The van der Waals surface area contributed by atoms with Crippen molar-refractivity contribution in [1.29, 1.82) is 5.26 Å². The summed E-state index contributed by atoms with van der Waals surface area (Å²) in [6.45, 7) is -0.281. The Hall–Kier alpha value is -2.86. The number of nitrogens with zero attached hydrogens (tertiary/aromatic N) is 3. The molecule has 9 heteroatoms. The molecule has 1 aliphatic carbocycles. The number of benzene rings is 1. The molecule has 0 saturated heterocycles. The van der Waals surface area contributed by atoms with E-state index in [9.17, 15) is 18.4 Å². The summed E-state index contributed by atoms with van der Waals surface area (Å²) < 4.78 is 28.9. The zero-order valence-corrected chi connectivity index (χ0v) is 16.0. The minimum Gasteiger partial charge on any atom is -0.328 e. The van der Waals surface area contributed by atoms with Crippen LogP contribution in [0.25, 0.3) is 0 Å². The van der Waals surface area contributed by atoms with Gasteiger partial charge in [0.1, 0.15) is 18.8 Å². The molecule has 1 aliphatic heterocycles. The molecule has 2 atom stereocenters. The van der Waals surface area contributed by atoms with Crippen molar-refractivity contribution in [2.75, 3.05) is 18.4 Å². The van der Waals surface area contributed by atoms with Crippen LogP contribution in [0.3, 0.4) is 0 Å². The highest BCUT2D eigenvalue weighted by molar-refractivity contribution is 9.10. The number of anilines is 1. The van der Waals surface area contributed by atoms with Gasteiger partial charge >= 0.3 is 0 Å². The molecule has 1 saturated carbocycles. The summed E-state index contributed by atoms with van der Waals surface area (Å²) in [6, 6.07) is 7.76. The Morgan fingerprint density at radius 2 is 2.21 bits per heavy atom. The van der Waals surface area contributed by atoms with E-state index in [0.29, 0.717) is 11.1 Å². The number of amides is 2. The number of nitriles is 1. The Morgan fingerprint density at radius 3 is 2.86 bits per heavy atom. The minimum atomic E-state index is -1.09. The van der Waals surface area contributed by atoms with Gasteiger partial charge in [-0.1, -0.05) is 15.9 Å². The number of hydrogen-bond donors (Lipinski definition) is 1. The second-order valence-electron chi connectivity index (χ2n) is 6.89. The number of pyridine rings is 1. The lowest BCUT2D eigenvalue weighted by Crippen LogP contribution is -2.47. The van der Waals surface area contributed by atoms with Crippen LogP contribution in [-0.4, -0.2) is 41.0 Å². The molecule has 2 aromatic rings. The summed E-state index contributed by atoms with van der Waals surface area (Å²) in [7, 11) is 0. The Bertz CT molecular complexity index is 1050. The number of alkyl halides is 1. The van der Waals surface area contributed by atoms with Gasteiger partial charge in [-0.25, -0.2) is 13.8 Å². The molecule has 4 rings (SSSR count). The first-order valence-corrected chi connectivity index (χ1v) is 9.22. The van der Waals surface area contributed by atoms with Crippen LogP contribution in [0.15, 0.2) is 34.9 Å². The monoisotopic (exact) mass is 446 g/mol. The molecule has 6 nitrogen and oxygen atoms in total. The molecule has 142 valence electrons. The van der Waals surface area contributed by atoms with E-state index in [-0.39, 0.29) is 36.8 Å². The SMILES string of the molecule is N#Cc1cnc(NC(=O)CN2C[C@@]3(CC3F)c3cc(Br)ccc3C2=O)c(F)c1. The molecule has 1 aromatic heterocycles. The van der Waals surface area contributed by atoms with Gasteiger partial charge in [-0.05, 0) is 36.2 Å². The second kappa shape index (κ2) is 6.63. The molecular formula is C19H13BrF2N4O2. The lowest BCUT2D eigenvalue weighted by atomic mass is 9.86. The fourth-order valence-electron chi connectivity index (χ4n) is 3.55. The van der Waals surface area contributed by atoms with Gasteiger partial charge in [0.15, 0.2) is 11.6 Å². The molecular weight excluding hydrogens is 434 g/mol. The van der Waals surface area contributed by atoms with E-state index in [4.69, 9.17) is 5.26 Å². The first kappa shape index (κ1) is 18.5. The molecule has 2 amide bonds. The number of fused-ring (bicyclic) bond motifs is 2. The fourth-order valence-corrected chi connectivity index (χ4v) is 3.91. The van der Waals surface area contributed by atoms with E-state index in [1.165, 1.54) is 4.90 Å². The number of nitrogens with one attached hydrogen (secondary N) is 1. The van der Waals surface area contributed by atoms with Crippen LogP contribution in [0.4, 0.5) is 14.6 Å². The summed E-state index contributed by atoms with van der Waals surface area (Å²) in [6.07, 6.45) is 0.330. The molecule has 28 heavy (non-hydrogen) atoms. The average molecular weight is 447 g/mol. The Kier molecular flexibility index (Phi) is 4.38. The highest BCUT2D eigenvalue weighted by Gasteiger charge is 2.61. The number of rotatable bonds is 3. The summed E-state index contributed by atoms with van der Waals surface area (Å²) >= 11 is 3.35. The van der Waals surface area contributed by atoms with Gasteiger partial charge in [0.2, 0.25) is 5.91 Å². The fraction of sp³-hybridized carbons (Fsp3) is 0.263. The van der Waals surface area contributed by atoms with E-state index >= 15 is 0 Å². The van der Waals surface area contributed by atoms with E-state index in [2.05, 4.69) is 26.2 Å². The lowest BCUT2D eigenvalue weighted by molar-refractivity contribution is -0.117. The van der Waals surface area contributed by atoms with Gasteiger partial charge in [-0.3, -0.25) is 9.59 Å². The number of aromatic nitrogens is 1. The average Bonchev–Trinajstić information content (AvgIpc) is 3.31. The predicted molar refractivity (Wildman–Crippen MR) is 98.8 cm³/mol. The van der Waals surface area contributed by atoms with Crippen molar-refractivity contribution >= 4 is 33.6 Å². The second-order valence-corrected chi connectivity index (χ2v) is 7.81. The Balaban J connectivity index is 1.54. The zero-order chi connectivity index (χ0) is 20.1. The van der Waals surface area contributed by atoms with Crippen LogP contribution in [0.5, 0.6) is 0 Å². The van der Waals surface area contributed by atoms with Gasteiger partial charge in [-0.2, -0.15) is 5.26 Å². The van der Waals surface area contributed by atoms with Crippen LogP contribution in [0.1, 0.15) is 27.9 Å². The maximum Gasteiger partial charge on any atom is 0.254 e. The third kappa shape index (κ3) is 3.03. The van der Waals surface area contributed by atoms with Crippen LogP contribution in [0.2, 0.25) is 0 Å². The van der Waals surface area contributed by atoms with Crippen molar-refractivity contribution in [2.24, 2.45) is 0 Å². The third-order valence-corrected chi connectivity index (χ3v) is 5.55. The van der Waals surface area contributed by atoms with Gasteiger partial charge < -0.3 is 10.2 Å². The first-order chi connectivity index (χ1) is 13.3. The Labute approximate surface area is 167 Å². The molecule has 0 bridgehead atoms. The highest BCUT2D eigenvalue weighted by atomic mass is 79.9. The van der Waals surface area contributed by atoms with E-state index in [0.717, 1.165) is 16.7 Å². The van der Waals surface area contributed by atoms with Crippen molar-refractivity contribution in [1.82, 2.24) is 9.88 Å². The van der Waals surface area contributed by atoms with Crippen LogP contribution < -0.4 is 5.32 Å². The van der Waals surface area contributed by atoms with E-state index in [1.54, 1.807) is 24.3 Å². The molecule has 2 heterocycles. The summed E-state index contributed by atoms with van der Waals surface area (Å²) in [5.41, 5.74) is 0.237. The third-order valence-electron chi connectivity index (χ3n) is 5.05. The van der Waals surface area contributed by atoms with Crippen molar-refractivity contribution in [3.05, 3.63) is 57.4 Å². The number of halogens is 3. The van der Waals surface area contributed by atoms with Crippen molar-refractivity contribution < 1.29 is 18.4 Å². The quantitative estimate of drug-likeness (QED) is 0.784. The van der Waals surface area contributed by atoms with Crippen molar-refractivity contribution in [3.8, 4) is 6.07 Å².